The predicted molar refractivity (Wildman–Crippen MR) is 149 cm³/mol. The minimum absolute atomic E-state index is 0.176. The monoisotopic (exact) mass is 524 g/mol. The Labute approximate surface area is 222 Å². The lowest BCUT2D eigenvalue weighted by Gasteiger charge is -2.33. The van der Waals surface area contributed by atoms with Crippen LogP contribution in [0.2, 0.25) is 5.02 Å². The zero-order chi connectivity index (χ0) is 26.0. The summed E-state index contributed by atoms with van der Waals surface area (Å²) in [6.45, 7) is 10.5. The van der Waals surface area contributed by atoms with Crippen LogP contribution in [0.5, 0.6) is 5.75 Å². The summed E-state index contributed by atoms with van der Waals surface area (Å²) in [6.07, 6.45) is 1.99. The van der Waals surface area contributed by atoms with Crippen molar-refractivity contribution in [3.8, 4) is 5.75 Å². The number of benzene rings is 2. The van der Waals surface area contributed by atoms with E-state index in [1.54, 1.807) is 31.2 Å². The van der Waals surface area contributed by atoms with Gasteiger partial charge in [0.1, 0.15) is 10.8 Å². The summed E-state index contributed by atoms with van der Waals surface area (Å²) in [7, 11) is 0. The number of rotatable bonds is 6. The van der Waals surface area contributed by atoms with Gasteiger partial charge in [-0.25, -0.2) is 0 Å². The van der Waals surface area contributed by atoms with E-state index in [0.717, 1.165) is 36.1 Å². The van der Waals surface area contributed by atoms with Crippen LogP contribution in [-0.4, -0.2) is 17.9 Å². The number of thiophene rings is 1. The molecule has 2 amide bonds. The number of para-hydroxylation sites is 1. The first-order valence-corrected chi connectivity index (χ1v) is 13.5. The largest absolute Gasteiger partial charge is 0.481 e. The molecule has 3 aromatic rings. The molecule has 1 heterocycles. The third-order valence-corrected chi connectivity index (χ3v) is 8.26. The van der Waals surface area contributed by atoms with Gasteiger partial charge in [0.05, 0.1) is 5.56 Å². The lowest BCUT2D eigenvalue weighted by molar-refractivity contribution is -0.122. The Morgan fingerprint density at radius 3 is 2.44 bits per heavy atom. The summed E-state index contributed by atoms with van der Waals surface area (Å²) in [6, 6.07) is 14.6. The fourth-order valence-corrected chi connectivity index (χ4v) is 5.99. The van der Waals surface area contributed by atoms with Gasteiger partial charge in [-0.15, -0.1) is 11.3 Å². The molecule has 5 nitrogen and oxygen atoms in total. The molecule has 1 aliphatic carbocycles. The van der Waals surface area contributed by atoms with Crippen LogP contribution in [0, 0.1) is 18.3 Å². The van der Waals surface area contributed by atoms with Crippen molar-refractivity contribution < 1.29 is 14.3 Å². The van der Waals surface area contributed by atoms with E-state index in [1.165, 1.54) is 16.2 Å². The van der Waals surface area contributed by atoms with E-state index < -0.39 is 6.10 Å². The summed E-state index contributed by atoms with van der Waals surface area (Å²) in [5.41, 5.74) is 3.54. The van der Waals surface area contributed by atoms with Crippen molar-refractivity contribution in [2.24, 2.45) is 11.3 Å². The van der Waals surface area contributed by atoms with Gasteiger partial charge in [-0.2, -0.15) is 0 Å². The Bertz CT molecular complexity index is 1260. The molecule has 190 valence electrons. The molecular formula is C29H33ClN2O3S. The van der Waals surface area contributed by atoms with Crippen molar-refractivity contribution in [1.29, 1.82) is 0 Å². The second-order valence-electron chi connectivity index (χ2n) is 10.5. The topological polar surface area (TPSA) is 67.4 Å². The number of ether oxygens (including phenoxy) is 1. The van der Waals surface area contributed by atoms with E-state index in [1.807, 2.05) is 31.2 Å². The summed E-state index contributed by atoms with van der Waals surface area (Å²) < 4.78 is 5.81. The van der Waals surface area contributed by atoms with Gasteiger partial charge in [0, 0.05) is 15.6 Å². The Morgan fingerprint density at radius 2 is 1.78 bits per heavy atom. The van der Waals surface area contributed by atoms with Gasteiger partial charge < -0.3 is 15.4 Å². The number of nitrogens with one attached hydrogen (secondary N) is 2. The van der Waals surface area contributed by atoms with Gasteiger partial charge in [-0.3, -0.25) is 9.59 Å². The van der Waals surface area contributed by atoms with Crippen LogP contribution in [0.3, 0.4) is 0 Å². The summed E-state index contributed by atoms with van der Waals surface area (Å²) in [5, 5.41) is 7.25. The van der Waals surface area contributed by atoms with E-state index in [4.69, 9.17) is 16.3 Å². The molecule has 2 atom stereocenters. The van der Waals surface area contributed by atoms with Crippen molar-refractivity contribution in [3.05, 3.63) is 75.1 Å². The first-order chi connectivity index (χ1) is 17.0. The Hall–Kier alpha value is -2.83. The van der Waals surface area contributed by atoms with E-state index in [-0.39, 0.29) is 17.2 Å². The number of halogens is 1. The van der Waals surface area contributed by atoms with Crippen molar-refractivity contribution >= 4 is 45.4 Å². The van der Waals surface area contributed by atoms with Crippen molar-refractivity contribution in [2.75, 3.05) is 10.6 Å². The molecule has 4 rings (SSSR count). The van der Waals surface area contributed by atoms with E-state index in [0.29, 0.717) is 27.3 Å². The van der Waals surface area contributed by atoms with E-state index in [2.05, 4.69) is 31.4 Å². The summed E-state index contributed by atoms with van der Waals surface area (Å²) in [4.78, 5) is 27.9. The van der Waals surface area contributed by atoms with E-state index in [9.17, 15) is 9.59 Å². The minimum Gasteiger partial charge on any atom is -0.481 e. The highest BCUT2D eigenvalue weighted by Crippen LogP contribution is 2.44. The molecule has 0 aliphatic heterocycles. The quantitative estimate of drug-likeness (QED) is 0.350. The Kier molecular flexibility index (Phi) is 7.76. The van der Waals surface area contributed by atoms with Crippen LogP contribution in [0.25, 0.3) is 0 Å². The number of hydrogen-bond acceptors (Lipinski definition) is 4. The number of amides is 2. The molecule has 36 heavy (non-hydrogen) atoms. The Balaban J connectivity index is 1.61. The average Bonchev–Trinajstić information content (AvgIpc) is 3.18. The lowest BCUT2D eigenvalue weighted by atomic mass is 9.72. The maximum atomic E-state index is 13.6. The molecule has 0 radical (unpaired) electrons. The highest BCUT2D eigenvalue weighted by molar-refractivity contribution is 7.17. The second-order valence-corrected chi connectivity index (χ2v) is 12.0. The van der Waals surface area contributed by atoms with Crippen LogP contribution in [0.1, 0.15) is 60.5 Å². The van der Waals surface area contributed by atoms with E-state index >= 15 is 0 Å². The minimum atomic E-state index is -0.750. The molecule has 0 fully saturated rings. The van der Waals surface area contributed by atoms with Crippen LogP contribution in [0.4, 0.5) is 10.7 Å². The van der Waals surface area contributed by atoms with Crippen LogP contribution in [-0.2, 0) is 17.6 Å². The summed E-state index contributed by atoms with van der Waals surface area (Å²) in [5.74, 6) is 0.572. The standard InChI is InChI=1S/C29H33ClN2O3S/c1-17-8-6-7-9-23(17)31-27(34)25-22-15-10-19(29(3,4)5)16-24(22)36-28(25)32-26(33)18(2)35-21-13-11-20(30)12-14-21/h6-9,11-14,18-19H,10,15-16H2,1-5H3,(H,31,34)(H,32,33). The number of carbonyl (C=O) groups is 2. The molecule has 2 unspecified atom stereocenters. The van der Waals surface area contributed by atoms with Crippen molar-refractivity contribution in [1.82, 2.24) is 0 Å². The smallest absolute Gasteiger partial charge is 0.265 e. The van der Waals surface area contributed by atoms with Crippen LogP contribution >= 0.6 is 22.9 Å². The Morgan fingerprint density at radius 1 is 1.08 bits per heavy atom. The molecular weight excluding hydrogens is 492 g/mol. The van der Waals surface area contributed by atoms with Gasteiger partial charge in [-0.1, -0.05) is 50.6 Å². The SMILES string of the molecule is Cc1ccccc1NC(=O)c1c(NC(=O)C(C)Oc2ccc(Cl)cc2)sc2c1CCC(C(C)(C)C)C2. The zero-order valence-corrected chi connectivity index (χ0v) is 23.0. The number of anilines is 2. The third kappa shape index (κ3) is 5.93. The number of aryl methyl sites for hydroxylation is 1. The molecule has 7 heteroatoms. The maximum Gasteiger partial charge on any atom is 0.265 e. The number of carbonyl (C=O) groups excluding carboxylic acids is 2. The number of fused-ring (bicyclic) bond motifs is 1. The highest BCUT2D eigenvalue weighted by atomic mass is 35.5. The molecule has 0 saturated heterocycles. The van der Waals surface area contributed by atoms with Crippen molar-refractivity contribution in [3.63, 3.8) is 0 Å². The fourth-order valence-electron chi connectivity index (χ4n) is 4.54. The first-order valence-electron chi connectivity index (χ1n) is 12.3. The van der Waals surface area contributed by atoms with Crippen molar-refractivity contribution in [2.45, 2.75) is 60.0 Å². The maximum absolute atomic E-state index is 13.6. The third-order valence-electron chi connectivity index (χ3n) is 6.84. The first kappa shape index (κ1) is 26.2. The van der Waals surface area contributed by atoms with Gasteiger partial charge >= 0.3 is 0 Å². The van der Waals surface area contributed by atoms with Gasteiger partial charge in [0.25, 0.3) is 11.8 Å². The average molecular weight is 525 g/mol. The molecule has 0 spiro atoms. The highest BCUT2D eigenvalue weighted by Gasteiger charge is 2.34. The van der Waals surface area contributed by atoms with Crippen LogP contribution in [0.15, 0.2) is 48.5 Å². The molecule has 0 saturated carbocycles. The molecule has 1 aliphatic rings. The predicted octanol–water partition coefficient (Wildman–Crippen LogP) is 7.52. The zero-order valence-electron chi connectivity index (χ0n) is 21.4. The summed E-state index contributed by atoms with van der Waals surface area (Å²) >= 11 is 7.46. The normalized spacial score (nSPS) is 16.1. The molecule has 2 aromatic carbocycles. The second kappa shape index (κ2) is 10.7. The van der Waals surface area contributed by atoms with Gasteiger partial charge in [0.15, 0.2) is 6.10 Å². The fraction of sp³-hybridized carbons (Fsp3) is 0.379. The van der Waals surface area contributed by atoms with Crippen LogP contribution < -0.4 is 15.4 Å². The molecule has 2 N–H and O–H groups in total. The van der Waals surface area contributed by atoms with Gasteiger partial charge in [-0.05, 0) is 85.9 Å². The lowest BCUT2D eigenvalue weighted by Crippen LogP contribution is -2.30. The molecule has 0 bridgehead atoms. The number of hydrogen-bond donors (Lipinski definition) is 2. The van der Waals surface area contributed by atoms with Gasteiger partial charge in [0.2, 0.25) is 0 Å². The molecule has 1 aromatic heterocycles.